The second kappa shape index (κ2) is 9.84. The zero-order valence-electron chi connectivity index (χ0n) is 17.1. The van der Waals surface area contributed by atoms with Gasteiger partial charge in [-0.15, -0.1) is 0 Å². The van der Waals surface area contributed by atoms with E-state index in [-0.39, 0.29) is 17.9 Å². The number of aryl methyl sites for hydroxylation is 1. The third kappa shape index (κ3) is 5.99. The molecule has 0 saturated carbocycles. The lowest BCUT2D eigenvalue weighted by Gasteiger charge is -2.13. The van der Waals surface area contributed by atoms with Crippen LogP contribution in [0.4, 0.5) is 4.39 Å². The Morgan fingerprint density at radius 1 is 1.19 bits per heavy atom. The van der Waals surface area contributed by atoms with Crippen molar-refractivity contribution in [3.63, 3.8) is 0 Å². The quantitative estimate of drug-likeness (QED) is 0.500. The van der Waals surface area contributed by atoms with Gasteiger partial charge >= 0.3 is 5.97 Å². The number of halogens is 1. The van der Waals surface area contributed by atoms with Crippen LogP contribution in [0.15, 0.2) is 59.8 Å². The minimum Gasteiger partial charge on any atom is -0.481 e. The van der Waals surface area contributed by atoms with Gasteiger partial charge in [-0.05, 0) is 60.9 Å². The largest absolute Gasteiger partial charge is 0.481 e. The van der Waals surface area contributed by atoms with Crippen LogP contribution in [0.2, 0.25) is 0 Å². The van der Waals surface area contributed by atoms with E-state index in [2.05, 4.69) is 14.3 Å². The zero-order chi connectivity index (χ0) is 22.4. The highest BCUT2D eigenvalue weighted by molar-refractivity contribution is 7.89. The van der Waals surface area contributed by atoms with Crippen LogP contribution in [0.25, 0.3) is 0 Å². The number of carboxylic acid groups (broad SMARTS) is 1. The first-order chi connectivity index (χ1) is 14.8. The van der Waals surface area contributed by atoms with E-state index < -0.39 is 21.8 Å². The Labute approximate surface area is 180 Å². The van der Waals surface area contributed by atoms with Gasteiger partial charge in [0.25, 0.3) is 0 Å². The molecule has 164 valence electrons. The third-order valence-electron chi connectivity index (χ3n) is 5.03. The van der Waals surface area contributed by atoms with Gasteiger partial charge in [-0.2, -0.15) is 0 Å². The molecular formula is C22H24FN3O4S. The molecule has 0 saturated heterocycles. The summed E-state index contributed by atoms with van der Waals surface area (Å²) in [5.74, 6) is -1.37. The van der Waals surface area contributed by atoms with Crippen molar-refractivity contribution >= 4 is 16.0 Å². The van der Waals surface area contributed by atoms with Gasteiger partial charge in [0.05, 0.1) is 4.90 Å². The fraction of sp³-hybridized carbons (Fsp3) is 0.273. The van der Waals surface area contributed by atoms with E-state index in [4.69, 9.17) is 5.11 Å². The first kappa shape index (κ1) is 22.6. The maximum Gasteiger partial charge on any atom is 0.303 e. The van der Waals surface area contributed by atoms with E-state index in [1.54, 1.807) is 12.4 Å². The number of aromatic nitrogens is 2. The number of sulfonamides is 1. The molecular weight excluding hydrogens is 421 g/mol. The molecule has 2 N–H and O–H groups in total. The number of nitrogens with zero attached hydrogens (tertiary/aromatic N) is 2. The van der Waals surface area contributed by atoms with Crippen molar-refractivity contribution in [3.05, 3.63) is 83.2 Å². The van der Waals surface area contributed by atoms with E-state index in [0.29, 0.717) is 19.4 Å². The molecule has 0 aliphatic rings. The highest BCUT2D eigenvalue weighted by atomic mass is 32.2. The van der Waals surface area contributed by atoms with Crippen molar-refractivity contribution in [3.8, 4) is 0 Å². The number of hydrogen-bond acceptors (Lipinski definition) is 4. The van der Waals surface area contributed by atoms with Gasteiger partial charge in [0.1, 0.15) is 5.82 Å². The molecule has 3 aromatic rings. The minimum atomic E-state index is -3.76. The number of carbonyl (C=O) groups is 1. The predicted octanol–water partition coefficient (Wildman–Crippen LogP) is 2.92. The molecule has 1 aromatic carbocycles. The molecule has 0 amide bonds. The van der Waals surface area contributed by atoms with Gasteiger partial charge in [-0.3, -0.25) is 9.78 Å². The summed E-state index contributed by atoms with van der Waals surface area (Å²) in [4.78, 5) is 15.1. The zero-order valence-corrected chi connectivity index (χ0v) is 17.9. The van der Waals surface area contributed by atoms with Crippen molar-refractivity contribution in [1.82, 2.24) is 14.3 Å². The molecule has 31 heavy (non-hydrogen) atoms. The summed E-state index contributed by atoms with van der Waals surface area (Å²) in [6, 6.07) is 10.4. The molecule has 2 heterocycles. The number of pyridine rings is 1. The standard InChI is InChI=1S/C22H24FN3O4S/c1-16-18(4-9-22(27)28)13-20(26(16)15-17-3-2-11-24-14-17)10-12-25-31(29,30)21-7-5-19(23)6-8-21/h2-3,5-8,11,13-14,25H,4,9-10,12,15H2,1H3,(H,27,28). The monoisotopic (exact) mass is 445 g/mol. The Kier molecular flexibility index (Phi) is 7.19. The second-order valence-electron chi connectivity index (χ2n) is 7.19. The van der Waals surface area contributed by atoms with Gasteiger partial charge in [-0.1, -0.05) is 6.07 Å². The lowest BCUT2D eigenvalue weighted by Crippen LogP contribution is -2.26. The van der Waals surface area contributed by atoms with E-state index in [1.807, 2.05) is 25.1 Å². The Morgan fingerprint density at radius 3 is 2.58 bits per heavy atom. The summed E-state index contributed by atoms with van der Waals surface area (Å²) in [7, 11) is -3.76. The lowest BCUT2D eigenvalue weighted by atomic mass is 10.1. The summed E-state index contributed by atoms with van der Waals surface area (Å²) in [5.41, 5.74) is 3.74. The Bertz CT molecular complexity index is 1140. The number of aliphatic carboxylic acids is 1. The lowest BCUT2D eigenvalue weighted by molar-refractivity contribution is -0.136. The van der Waals surface area contributed by atoms with Gasteiger partial charge in [0.15, 0.2) is 0 Å². The fourth-order valence-electron chi connectivity index (χ4n) is 3.38. The van der Waals surface area contributed by atoms with Crippen molar-refractivity contribution in [2.24, 2.45) is 0 Å². The van der Waals surface area contributed by atoms with Crippen molar-refractivity contribution in [2.75, 3.05) is 6.54 Å². The molecule has 0 radical (unpaired) electrons. The normalized spacial score (nSPS) is 11.5. The van der Waals surface area contributed by atoms with Crippen LogP contribution in [0.3, 0.4) is 0 Å². The van der Waals surface area contributed by atoms with Crippen LogP contribution < -0.4 is 4.72 Å². The van der Waals surface area contributed by atoms with Crippen LogP contribution >= 0.6 is 0 Å². The minimum absolute atomic E-state index is 0.00188. The molecule has 9 heteroatoms. The van der Waals surface area contributed by atoms with E-state index in [9.17, 15) is 17.6 Å². The number of carboxylic acids is 1. The molecule has 0 aliphatic carbocycles. The summed E-state index contributed by atoms with van der Waals surface area (Å²) in [6.45, 7) is 2.63. The summed E-state index contributed by atoms with van der Waals surface area (Å²) < 4.78 is 42.6. The highest BCUT2D eigenvalue weighted by Gasteiger charge is 2.16. The molecule has 0 atom stereocenters. The average molecular weight is 446 g/mol. The van der Waals surface area contributed by atoms with Gasteiger partial charge in [-0.25, -0.2) is 17.5 Å². The SMILES string of the molecule is Cc1c(CCC(=O)O)cc(CCNS(=O)(=O)c2ccc(F)cc2)n1Cc1cccnc1. The van der Waals surface area contributed by atoms with Gasteiger partial charge in [0.2, 0.25) is 10.0 Å². The maximum atomic E-state index is 13.1. The van der Waals surface area contributed by atoms with Gasteiger partial charge < -0.3 is 9.67 Å². The highest BCUT2D eigenvalue weighted by Crippen LogP contribution is 2.20. The van der Waals surface area contributed by atoms with Gasteiger partial charge in [0, 0.05) is 49.7 Å². The first-order valence-electron chi connectivity index (χ1n) is 9.80. The average Bonchev–Trinajstić information content (AvgIpc) is 3.02. The van der Waals surface area contributed by atoms with Crippen molar-refractivity contribution in [2.45, 2.75) is 37.6 Å². The van der Waals surface area contributed by atoms with E-state index >= 15 is 0 Å². The smallest absolute Gasteiger partial charge is 0.303 e. The topological polar surface area (TPSA) is 101 Å². The Morgan fingerprint density at radius 2 is 1.94 bits per heavy atom. The molecule has 0 unspecified atom stereocenters. The van der Waals surface area contributed by atoms with Crippen molar-refractivity contribution in [1.29, 1.82) is 0 Å². The van der Waals surface area contributed by atoms with Crippen molar-refractivity contribution < 1.29 is 22.7 Å². The molecule has 0 fully saturated rings. The van der Waals surface area contributed by atoms with E-state index in [1.165, 1.54) is 12.1 Å². The molecule has 2 aromatic heterocycles. The molecule has 3 rings (SSSR count). The summed E-state index contributed by atoms with van der Waals surface area (Å²) >= 11 is 0. The van der Waals surface area contributed by atoms with Crippen LogP contribution in [-0.2, 0) is 34.2 Å². The Hall–Kier alpha value is -3.04. The third-order valence-corrected chi connectivity index (χ3v) is 6.50. The number of nitrogens with one attached hydrogen (secondary N) is 1. The molecule has 0 bridgehead atoms. The number of benzene rings is 1. The van der Waals surface area contributed by atoms with E-state index in [0.717, 1.165) is 34.6 Å². The van der Waals surface area contributed by atoms with Crippen LogP contribution in [0, 0.1) is 12.7 Å². The maximum absolute atomic E-state index is 13.1. The second-order valence-corrected chi connectivity index (χ2v) is 8.96. The summed E-state index contributed by atoms with van der Waals surface area (Å²) in [5, 5.41) is 9.02. The Balaban J connectivity index is 1.77. The summed E-state index contributed by atoms with van der Waals surface area (Å²) in [6.07, 6.45) is 4.28. The van der Waals surface area contributed by atoms with Crippen LogP contribution in [0.1, 0.15) is 28.9 Å². The number of hydrogen-bond donors (Lipinski definition) is 2. The molecule has 7 nitrogen and oxygen atoms in total. The van der Waals surface area contributed by atoms with Crippen LogP contribution in [0.5, 0.6) is 0 Å². The molecule has 0 aliphatic heterocycles. The van der Waals surface area contributed by atoms with Crippen LogP contribution in [-0.4, -0.2) is 35.6 Å². The predicted molar refractivity (Wildman–Crippen MR) is 114 cm³/mol. The number of rotatable bonds is 10. The molecule has 0 spiro atoms. The first-order valence-corrected chi connectivity index (χ1v) is 11.3. The fourth-order valence-corrected chi connectivity index (χ4v) is 4.41.